The Kier molecular flexibility index (Phi) is 6.40. The maximum absolute atomic E-state index is 13.1. The Morgan fingerprint density at radius 3 is 2.55 bits per heavy atom. The summed E-state index contributed by atoms with van der Waals surface area (Å²) in [7, 11) is 3.40. The van der Waals surface area contributed by atoms with Gasteiger partial charge in [0.15, 0.2) is 0 Å². The van der Waals surface area contributed by atoms with Crippen LogP contribution in [0.3, 0.4) is 0 Å². The zero-order valence-electron chi connectivity index (χ0n) is 18.3. The lowest BCUT2D eigenvalue weighted by atomic mass is 9.96. The van der Waals surface area contributed by atoms with Gasteiger partial charge in [0.1, 0.15) is 5.75 Å². The molecule has 0 bridgehead atoms. The third-order valence-electron chi connectivity index (χ3n) is 6.49. The molecule has 0 aliphatic heterocycles. The maximum Gasteiger partial charge on any atom is 0.258 e. The Morgan fingerprint density at radius 2 is 1.84 bits per heavy atom. The fourth-order valence-corrected chi connectivity index (χ4v) is 4.71. The first-order valence-corrected chi connectivity index (χ1v) is 11.1. The molecule has 1 aromatic heterocycles. The molecule has 4 rings (SSSR count). The van der Waals surface area contributed by atoms with Crippen LogP contribution in [0.5, 0.6) is 5.75 Å². The second-order valence-corrected chi connectivity index (χ2v) is 8.43. The number of fused-ring (bicyclic) bond motifs is 1. The van der Waals surface area contributed by atoms with Crippen molar-refractivity contribution in [3.63, 3.8) is 0 Å². The van der Waals surface area contributed by atoms with Gasteiger partial charge in [0.25, 0.3) is 5.56 Å². The van der Waals surface area contributed by atoms with E-state index in [0.717, 1.165) is 28.6 Å². The molecule has 162 valence electrons. The molecule has 5 nitrogen and oxygen atoms in total. The van der Waals surface area contributed by atoms with Gasteiger partial charge in [0.05, 0.1) is 13.7 Å². The summed E-state index contributed by atoms with van der Waals surface area (Å²) in [6, 6.07) is 15.5. The smallest absolute Gasteiger partial charge is 0.258 e. The number of methoxy groups -OCH3 is 1. The minimum Gasteiger partial charge on any atom is -0.497 e. The Bertz CT molecular complexity index is 1130. The lowest BCUT2D eigenvalue weighted by Gasteiger charge is -2.19. The van der Waals surface area contributed by atoms with Crippen molar-refractivity contribution in [2.24, 2.45) is 13.0 Å². The van der Waals surface area contributed by atoms with E-state index in [1.165, 1.54) is 25.7 Å². The maximum atomic E-state index is 13.1. The summed E-state index contributed by atoms with van der Waals surface area (Å²) >= 11 is 0. The van der Waals surface area contributed by atoms with E-state index in [-0.39, 0.29) is 11.5 Å². The van der Waals surface area contributed by atoms with Crippen molar-refractivity contribution in [1.82, 2.24) is 9.88 Å². The number of nitrogens with zero attached hydrogens (tertiary/aromatic N) is 1. The van der Waals surface area contributed by atoms with Crippen LogP contribution in [0.1, 0.15) is 44.2 Å². The van der Waals surface area contributed by atoms with Crippen LogP contribution in [0.15, 0.2) is 53.3 Å². The second-order valence-electron chi connectivity index (χ2n) is 8.43. The Balaban J connectivity index is 1.70. The highest BCUT2D eigenvalue weighted by Crippen LogP contribution is 2.33. The molecule has 0 saturated heterocycles. The number of pyridine rings is 1. The van der Waals surface area contributed by atoms with E-state index in [2.05, 4.69) is 5.32 Å². The molecule has 1 N–H and O–H groups in total. The van der Waals surface area contributed by atoms with Gasteiger partial charge in [0, 0.05) is 35.5 Å². The van der Waals surface area contributed by atoms with Crippen LogP contribution >= 0.6 is 0 Å². The number of ether oxygens (including phenoxy) is 1. The first kappa shape index (κ1) is 21.2. The van der Waals surface area contributed by atoms with Gasteiger partial charge in [-0.1, -0.05) is 56.0 Å². The lowest BCUT2D eigenvalue weighted by Crippen LogP contribution is -2.29. The summed E-state index contributed by atoms with van der Waals surface area (Å²) in [5.41, 5.74) is 2.68. The summed E-state index contributed by atoms with van der Waals surface area (Å²) in [5.74, 6) is 1.43. The molecule has 2 aromatic carbocycles. The number of benzene rings is 2. The number of nitrogens with one attached hydrogen (secondary N) is 1. The molecule has 1 aliphatic carbocycles. The molecule has 5 heteroatoms. The highest BCUT2D eigenvalue weighted by Gasteiger charge is 2.19. The number of hydrogen-bond acceptors (Lipinski definition) is 3. The Labute approximate surface area is 183 Å². The minimum atomic E-state index is -0.0764. The third-order valence-corrected chi connectivity index (χ3v) is 6.49. The van der Waals surface area contributed by atoms with Crippen molar-refractivity contribution in [1.29, 1.82) is 0 Å². The van der Waals surface area contributed by atoms with Crippen LogP contribution in [-0.4, -0.2) is 17.6 Å². The van der Waals surface area contributed by atoms with Gasteiger partial charge in [-0.05, 0) is 36.1 Å². The van der Waals surface area contributed by atoms with Gasteiger partial charge < -0.3 is 14.6 Å². The summed E-state index contributed by atoms with van der Waals surface area (Å²) in [5, 5.41) is 4.54. The van der Waals surface area contributed by atoms with Gasteiger partial charge in [-0.25, -0.2) is 0 Å². The monoisotopic (exact) mass is 418 g/mol. The molecule has 1 heterocycles. The zero-order chi connectivity index (χ0) is 21.8. The van der Waals surface area contributed by atoms with Gasteiger partial charge in [-0.15, -0.1) is 0 Å². The quantitative estimate of drug-likeness (QED) is 0.599. The highest BCUT2D eigenvalue weighted by atomic mass is 16.5. The molecule has 0 radical (unpaired) electrons. The molecule has 1 aliphatic rings. The van der Waals surface area contributed by atoms with Gasteiger partial charge in [-0.2, -0.15) is 0 Å². The van der Waals surface area contributed by atoms with Crippen LogP contribution in [0.4, 0.5) is 0 Å². The Hall–Kier alpha value is -3.08. The van der Waals surface area contributed by atoms with E-state index >= 15 is 0 Å². The van der Waals surface area contributed by atoms with E-state index in [1.54, 1.807) is 18.7 Å². The molecule has 3 aromatic rings. The number of hydrogen-bond donors (Lipinski definition) is 1. The van der Waals surface area contributed by atoms with Crippen molar-refractivity contribution in [3.8, 4) is 16.9 Å². The normalized spacial score (nSPS) is 14.1. The van der Waals surface area contributed by atoms with Crippen LogP contribution in [-0.2, 0) is 18.4 Å². The van der Waals surface area contributed by atoms with E-state index in [9.17, 15) is 9.59 Å². The second kappa shape index (κ2) is 9.38. The molecular formula is C26H30N2O3. The van der Waals surface area contributed by atoms with Crippen molar-refractivity contribution in [2.75, 3.05) is 7.11 Å². The fourth-order valence-electron chi connectivity index (χ4n) is 4.71. The molecule has 1 saturated carbocycles. The molecule has 0 unspecified atom stereocenters. The standard InChI is InChI=1S/C26H30N2O3/c1-28-23(17-27-24(29)15-12-18-8-6-7-9-18)25(19-10-4-3-5-11-19)22-16-20(31-2)13-14-21(22)26(28)30/h3-5,10-11,13-14,16,18H,6-9,12,15,17H2,1-2H3,(H,27,29). The summed E-state index contributed by atoms with van der Waals surface area (Å²) < 4.78 is 7.08. The predicted molar refractivity (Wildman–Crippen MR) is 124 cm³/mol. The summed E-state index contributed by atoms with van der Waals surface area (Å²) in [4.78, 5) is 25.6. The molecular weight excluding hydrogens is 388 g/mol. The summed E-state index contributed by atoms with van der Waals surface area (Å²) in [6.07, 6.45) is 6.55. The zero-order valence-corrected chi connectivity index (χ0v) is 18.3. The molecule has 0 atom stereocenters. The lowest BCUT2D eigenvalue weighted by molar-refractivity contribution is -0.121. The number of rotatable bonds is 7. The van der Waals surface area contributed by atoms with E-state index < -0.39 is 0 Å². The average Bonchev–Trinajstić information content (AvgIpc) is 3.33. The van der Waals surface area contributed by atoms with Crippen LogP contribution in [0, 0.1) is 5.92 Å². The number of aromatic nitrogens is 1. The van der Waals surface area contributed by atoms with E-state index in [4.69, 9.17) is 4.74 Å². The van der Waals surface area contributed by atoms with Crippen molar-refractivity contribution in [2.45, 2.75) is 45.1 Å². The average molecular weight is 419 g/mol. The van der Waals surface area contributed by atoms with Crippen LogP contribution < -0.4 is 15.6 Å². The van der Waals surface area contributed by atoms with E-state index in [0.29, 0.717) is 30.0 Å². The van der Waals surface area contributed by atoms with Crippen molar-refractivity contribution in [3.05, 3.63) is 64.6 Å². The van der Waals surface area contributed by atoms with Gasteiger partial charge >= 0.3 is 0 Å². The predicted octanol–water partition coefficient (Wildman–Crippen LogP) is 4.80. The molecule has 0 spiro atoms. The van der Waals surface area contributed by atoms with Gasteiger partial charge in [-0.3, -0.25) is 9.59 Å². The molecule has 1 amide bonds. The Morgan fingerprint density at radius 1 is 1.10 bits per heavy atom. The first-order chi connectivity index (χ1) is 15.1. The number of amides is 1. The molecule has 1 fully saturated rings. The largest absolute Gasteiger partial charge is 0.497 e. The summed E-state index contributed by atoms with van der Waals surface area (Å²) in [6.45, 7) is 0.312. The van der Waals surface area contributed by atoms with Crippen LogP contribution in [0.25, 0.3) is 21.9 Å². The van der Waals surface area contributed by atoms with Crippen molar-refractivity contribution >= 4 is 16.7 Å². The van der Waals surface area contributed by atoms with Gasteiger partial charge in [0.2, 0.25) is 5.91 Å². The van der Waals surface area contributed by atoms with Crippen molar-refractivity contribution < 1.29 is 9.53 Å². The first-order valence-electron chi connectivity index (χ1n) is 11.1. The van der Waals surface area contributed by atoms with Crippen LogP contribution in [0.2, 0.25) is 0 Å². The van der Waals surface area contributed by atoms with E-state index in [1.807, 2.05) is 48.5 Å². The highest BCUT2D eigenvalue weighted by molar-refractivity contribution is 5.98. The topological polar surface area (TPSA) is 60.3 Å². The minimum absolute atomic E-state index is 0.0455. The number of carbonyl (C=O) groups is 1. The fraction of sp³-hybridized carbons (Fsp3) is 0.385. The number of carbonyl (C=O) groups excluding carboxylic acids is 1. The SMILES string of the molecule is COc1ccc2c(=O)n(C)c(CNC(=O)CCC3CCCC3)c(-c3ccccc3)c2c1. The molecule has 31 heavy (non-hydrogen) atoms. The third kappa shape index (κ3) is 4.50.